The third-order valence-electron chi connectivity index (χ3n) is 2.36. The minimum absolute atomic E-state index is 0.273. The van der Waals surface area contributed by atoms with Crippen molar-refractivity contribution >= 4 is 11.6 Å². The lowest BCUT2D eigenvalue weighted by atomic mass is 10.3. The quantitative estimate of drug-likeness (QED) is 0.827. The summed E-state index contributed by atoms with van der Waals surface area (Å²) in [5, 5.41) is 16.4. The van der Waals surface area contributed by atoms with E-state index in [-0.39, 0.29) is 5.82 Å². The maximum atomic E-state index is 9.10. The van der Waals surface area contributed by atoms with E-state index in [0.29, 0.717) is 17.2 Å². The van der Waals surface area contributed by atoms with Crippen LogP contribution in [0, 0.1) is 11.3 Å². The molecule has 7 nitrogen and oxygen atoms in total. The molecule has 2 aromatic heterocycles. The highest BCUT2D eigenvalue weighted by Gasteiger charge is 2.16. The molecule has 3 N–H and O–H groups in total. The van der Waals surface area contributed by atoms with Gasteiger partial charge in [-0.3, -0.25) is 0 Å². The normalized spacial score (nSPS) is 10.0. The molecule has 2 heterocycles. The van der Waals surface area contributed by atoms with E-state index in [1.165, 1.54) is 11.0 Å². The minimum atomic E-state index is 0.273. The zero-order chi connectivity index (χ0) is 13.0. The van der Waals surface area contributed by atoms with Gasteiger partial charge in [0.1, 0.15) is 23.8 Å². The van der Waals surface area contributed by atoms with Gasteiger partial charge in [0.25, 0.3) is 0 Å². The van der Waals surface area contributed by atoms with Gasteiger partial charge in [-0.05, 0) is 6.42 Å². The number of nitrogens with two attached hydrogens (primary N) is 1. The fraction of sp³-hybridized carbons (Fsp3) is 0.273. The van der Waals surface area contributed by atoms with E-state index < -0.39 is 0 Å². The van der Waals surface area contributed by atoms with Crippen LogP contribution >= 0.6 is 0 Å². The van der Waals surface area contributed by atoms with Crippen molar-refractivity contribution in [1.29, 1.82) is 5.26 Å². The van der Waals surface area contributed by atoms with Gasteiger partial charge in [-0.15, -0.1) is 5.10 Å². The molecule has 2 rings (SSSR count). The van der Waals surface area contributed by atoms with Gasteiger partial charge < -0.3 is 11.1 Å². The lowest BCUT2D eigenvalue weighted by Crippen LogP contribution is -2.05. The SMILES string of the molecule is CCCNc1nn(-c2ccncn2)c(N)c1C#N. The van der Waals surface area contributed by atoms with Gasteiger partial charge in [0.2, 0.25) is 0 Å². The summed E-state index contributed by atoms with van der Waals surface area (Å²) in [7, 11) is 0. The molecule has 0 bridgehead atoms. The summed E-state index contributed by atoms with van der Waals surface area (Å²) in [5.74, 6) is 1.29. The highest BCUT2D eigenvalue weighted by atomic mass is 15.4. The topological polar surface area (TPSA) is 105 Å². The average Bonchev–Trinajstić information content (AvgIpc) is 2.73. The predicted molar refractivity (Wildman–Crippen MR) is 67.1 cm³/mol. The second-order valence-electron chi connectivity index (χ2n) is 3.63. The fourth-order valence-corrected chi connectivity index (χ4v) is 1.49. The molecule has 0 unspecified atom stereocenters. The molecule has 0 radical (unpaired) electrons. The van der Waals surface area contributed by atoms with Gasteiger partial charge >= 0.3 is 0 Å². The fourth-order valence-electron chi connectivity index (χ4n) is 1.49. The predicted octanol–water partition coefficient (Wildman–Crippen LogP) is 0.938. The van der Waals surface area contributed by atoms with E-state index in [9.17, 15) is 0 Å². The third kappa shape index (κ3) is 2.08. The molecule has 0 atom stereocenters. The first-order valence-corrected chi connectivity index (χ1v) is 5.56. The highest BCUT2D eigenvalue weighted by Crippen LogP contribution is 2.22. The molecule has 0 saturated heterocycles. The van der Waals surface area contributed by atoms with Crippen LogP contribution in [0.15, 0.2) is 18.6 Å². The Kier molecular flexibility index (Phi) is 3.38. The monoisotopic (exact) mass is 243 g/mol. The van der Waals surface area contributed by atoms with Gasteiger partial charge in [-0.1, -0.05) is 6.92 Å². The Bertz CT molecular complexity index is 567. The van der Waals surface area contributed by atoms with Gasteiger partial charge in [0.15, 0.2) is 11.6 Å². The number of nitrogens with one attached hydrogen (secondary N) is 1. The van der Waals surface area contributed by atoms with Crippen LogP contribution in [0.2, 0.25) is 0 Å². The molecular formula is C11H13N7. The van der Waals surface area contributed by atoms with Gasteiger partial charge in [-0.2, -0.15) is 9.94 Å². The van der Waals surface area contributed by atoms with Crippen molar-refractivity contribution in [3.8, 4) is 11.9 Å². The molecule has 92 valence electrons. The Morgan fingerprint density at radius 3 is 3.00 bits per heavy atom. The van der Waals surface area contributed by atoms with E-state index in [1.807, 2.05) is 13.0 Å². The van der Waals surface area contributed by atoms with Gasteiger partial charge in [-0.25, -0.2) is 9.97 Å². The zero-order valence-corrected chi connectivity index (χ0v) is 9.96. The number of nitriles is 1. The second-order valence-corrected chi connectivity index (χ2v) is 3.63. The van der Waals surface area contributed by atoms with Crippen LogP contribution in [-0.4, -0.2) is 26.3 Å². The number of aromatic nitrogens is 4. The second kappa shape index (κ2) is 5.14. The molecule has 0 aliphatic rings. The van der Waals surface area contributed by atoms with Crippen molar-refractivity contribution in [1.82, 2.24) is 19.7 Å². The molecule has 0 spiro atoms. The van der Waals surface area contributed by atoms with Crippen LogP contribution in [0.1, 0.15) is 18.9 Å². The van der Waals surface area contributed by atoms with Crippen molar-refractivity contribution in [3.63, 3.8) is 0 Å². The van der Waals surface area contributed by atoms with Crippen LogP contribution in [0.5, 0.6) is 0 Å². The Morgan fingerprint density at radius 2 is 2.39 bits per heavy atom. The van der Waals surface area contributed by atoms with E-state index >= 15 is 0 Å². The largest absolute Gasteiger partial charge is 0.382 e. The molecule has 18 heavy (non-hydrogen) atoms. The van der Waals surface area contributed by atoms with E-state index in [1.54, 1.807) is 12.3 Å². The first-order valence-electron chi connectivity index (χ1n) is 5.56. The van der Waals surface area contributed by atoms with E-state index in [2.05, 4.69) is 20.4 Å². The number of hydrogen-bond donors (Lipinski definition) is 2. The number of rotatable bonds is 4. The number of hydrogen-bond acceptors (Lipinski definition) is 6. The van der Waals surface area contributed by atoms with Crippen LogP contribution < -0.4 is 11.1 Å². The van der Waals surface area contributed by atoms with Gasteiger partial charge in [0.05, 0.1) is 0 Å². The third-order valence-corrected chi connectivity index (χ3v) is 2.36. The summed E-state index contributed by atoms with van der Waals surface area (Å²) < 4.78 is 1.43. The van der Waals surface area contributed by atoms with E-state index in [0.717, 1.165) is 13.0 Å². The molecule has 0 aliphatic carbocycles. The Balaban J connectivity index is 2.44. The summed E-state index contributed by atoms with van der Waals surface area (Å²) in [6, 6.07) is 3.72. The maximum Gasteiger partial charge on any atom is 0.168 e. The Morgan fingerprint density at radius 1 is 1.56 bits per heavy atom. The molecule has 7 heteroatoms. The van der Waals surface area contributed by atoms with Crippen molar-refractivity contribution < 1.29 is 0 Å². The summed E-state index contributed by atoms with van der Waals surface area (Å²) in [4.78, 5) is 7.88. The lowest BCUT2D eigenvalue weighted by Gasteiger charge is -2.00. The minimum Gasteiger partial charge on any atom is -0.382 e. The molecule has 0 amide bonds. The number of nitrogens with zero attached hydrogens (tertiary/aromatic N) is 5. The molecule has 0 saturated carbocycles. The molecule has 0 aliphatic heterocycles. The van der Waals surface area contributed by atoms with Crippen LogP contribution in [0.3, 0.4) is 0 Å². The first-order chi connectivity index (χ1) is 8.77. The number of anilines is 2. The van der Waals surface area contributed by atoms with Crippen molar-refractivity contribution in [2.45, 2.75) is 13.3 Å². The van der Waals surface area contributed by atoms with Crippen LogP contribution in [0.4, 0.5) is 11.6 Å². The molecule has 0 aromatic carbocycles. The standard InChI is InChI=1S/C11H13N7/c1-2-4-15-11-8(6-12)10(13)18(17-11)9-3-5-14-7-16-9/h3,5,7H,2,4,13H2,1H3,(H,15,17). The van der Waals surface area contributed by atoms with Crippen molar-refractivity contribution in [2.24, 2.45) is 0 Å². The highest BCUT2D eigenvalue weighted by molar-refractivity contribution is 5.65. The maximum absolute atomic E-state index is 9.10. The number of nitrogen functional groups attached to an aromatic ring is 1. The first kappa shape index (κ1) is 11.9. The summed E-state index contributed by atoms with van der Waals surface area (Å²) in [6.07, 6.45) is 3.93. The average molecular weight is 243 g/mol. The lowest BCUT2D eigenvalue weighted by molar-refractivity contribution is 0.844. The molecular weight excluding hydrogens is 230 g/mol. The van der Waals surface area contributed by atoms with Crippen LogP contribution in [0.25, 0.3) is 5.82 Å². The van der Waals surface area contributed by atoms with Gasteiger partial charge in [0, 0.05) is 18.8 Å². The van der Waals surface area contributed by atoms with E-state index in [4.69, 9.17) is 11.0 Å². The zero-order valence-electron chi connectivity index (χ0n) is 9.96. The van der Waals surface area contributed by atoms with Crippen molar-refractivity contribution in [2.75, 3.05) is 17.6 Å². The summed E-state index contributed by atoms with van der Waals surface area (Å²) in [6.45, 7) is 2.76. The molecule has 2 aromatic rings. The Labute approximate surface area is 104 Å². The molecule has 0 fully saturated rings. The smallest absolute Gasteiger partial charge is 0.168 e. The van der Waals surface area contributed by atoms with Crippen LogP contribution in [-0.2, 0) is 0 Å². The summed E-state index contributed by atoms with van der Waals surface area (Å²) >= 11 is 0. The Hall–Kier alpha value is -2.62. The van der Waals surface area contributed by atoms with Crippen molar-refractivity contribution in [3.05, 3.63) is 24.2 Å². The summed E-state index contributed by atoms with van der Waals surface area (Å²) in [5.41, 5.74) is 6.23.